The van der Waals surface area contributed by atoms with Crippen molar-refractivity contribution in [1.29, 1.82) is 5.26 Å². The minimum Gasteiger partial charge on any atom is -0.391 e. The Morgan fingerprint density at radius 2 is 2.42 bits per heavy atom. The summed E-state index contributed by atoms with van der Waals surface area (Å²) in [6.45, 7) is 0.0221. The largest absolute Gasteiger partial charge is 0.391 e. The van der Waals surface area contributed by atoms with Crippen LogP contribution in [0.5, 0.6) is 0 Å². The zero-order valence-electron chi connectivity index (χ0n) is 6.37. The third-order valence-electron chi connectivity index (χ3n) is 1.28. The Hall–Kier alpha value is -1.29. The summed E-state index contributed by atoms with van der Waals surface area (Å²) < 4.78 is 0. The van der Waals surface area contributed by atoms with Gasteiger partial charge in [0, 0.05) is 10.4 Å². The third kappa shape index (κ3) is 2.10. The van der Waals surface area contributed by atoms with Crippen LogP contribution in [0.1, 0.15) is 16.9 Å². The molecule has 0 saturated heterocycles. The van der Waals surface area contributed by atoms with Crippen LogP contribution < -0.4 is 0 Å². The molecule has 1 N–H and O–H groups in total. The van der Waals surface area contributed by atoms with Gasteiger partial charge in [-0.1, -0.05) is 11.8 Å². The molecule has 0 saturated carbocycles. The summed E-state index contributed by atoms with van der Waals surface area (Å²) in [7, 11) is 0. The molecule has 0 fully saturated rings. The standard InChI is InChI=1S/C9H7NOS/c10-5-2-1-3-8-4-6-12-9(8)7-11/h4,6,11H,2,7H2. The van der Waals surface area contributed by atoms with Gasteiger partial charge in [0.15, 0.2) is 0 Å². The van der Waals surface area contributed by atoms with E-state index < -0.39 is 0 Å². The molecule has 0 aliphatic heterocycles. The Kier molecular flexibility index (Phi) is 3.35. The van der Waals surface area contributed by atoms with Gasteiger partial charge in [0.25, 0.3) is 0 Å². The topological polar surface area (TPSA) is 44.0 Å². The Labute approximate surface area is 75.1 Å². The first-order valence-electron chi connectivity index (χ1n) is 3.41. The molecular weight excluding hydrogens is 170 g/mol. The van der Waals surface area contributed by atoms with Crippen LogP contribution in [0.2, 0.25) is 0 Å². The van der Waals surface area contributed by atoms with E-state index in [1.54, 1.807) is 0 Å². The maximum atomic E-state index is 8.84. The van der Waals surface area contributed by atoms with Gasteiger partial charge in [-0.25, -0.2) is 0 Å². The van der Waals surface area contributed by atoms with Gasteiger partial charge in [0.1, 0.15) is 0 Å². The van der Waals surface area contributed by atoms with Gasteiger partial charge in [-0.15, -0.1) is 11.3 Å². The second kappa shape index (κ2) is 4.56. The van der Waals surface area contributed by atoms with E-state index in [1.165, 1.54) is 11.3 Å². The maximum absolute atomic E-state index is 8.84. The first-order chi connectivity index (χ1) is 5.88. The highest BCUT2D eigenvalue weighted by atomic mass is 32.1. The summed E-state index contributed by atoms with van der Waals surface area (Å²) in [5, 5.41) is 18.9. The zero-order chi connectivity index (χ0) is 8.81. The molecule has 1 aromatic rings. The molecule has 60 valence electrons. The predicted octanol–water partition coefficient (Wildman–Crippen LogP) is 1.51. The minimum absolute atomic E-state index is 0.0221. The number of nitriles is 1. The van der Waals surface area contributed by atoms with Crippen LogP contribution in [0.3, 0.4) is 0 Å². The van der Waals surface area contributed by atoms with Gasteiger partial charge in [-0.3, -0.25) is 0 Å². The summed E-state index contributed by atoms with van der Waals surface area (Å²) >= 11 is 1.47. The SMILES string of the molecule is N#CCC#Cc1ccsc1CO. The lowest BCUT2D eigenvalue weighted by atomic mass is 10.2. The Bertz CT molecular complexity index is 351. The fourth-order valence-corrected chi connectivity index (χ4v) is 1.44. The highest BCUT2D eigenvalue weighted by Crippen LogP contribution is 2.14. The van der Waals surface area contributed by atoms with E-state index in [-0.39, 0.29) is 13.0 Å². The fourth-order valence-electron chi connectivity index (χ4n) is 0.753. The highest BCUT2D eigenvalue weighted by Gasteiger charge is 1.97. The second-order valence-electron chi connectivity index (χ2n) is 2.05. The summed E-state index contributed by atoms with van der Waals surface area (Å²) in [5.74, 6) is 5.52. The first kappa shape index (κ1) is 8.80. The number of thiophene rings is 1. The maximum Gasteiger partial charge on any atom is 0.0966 e. The quantitative estimate of drug-likeness (QED) is 0.661. The molecule has 12 heavy (non-hydrogen) atoms. The monoisotopic (exact) mass is 177 g/mol. The van der Waals surface area contributed by atoms with Gasteiger partial charge < -0.3 is 5.11 Å². The lowest BCUT2D eigenvalue weighted by Crippen LogP contribution is -1.79. The van der Waals surface area contributed by atoms with Crippen molar-refractivity contribution < 1.29 is 5.11 Å². The van der Waals surface area contributed by atoms with Crippen LogP contribution in [0.4, 0.5) is 0 Å². The molecule has 0 unspecified atom stereocenters. The molecule has 3 heteroatoms. The minimum atomic E-state index is 0.0221. The van der Waals surface area contributed by atoms with E-state index in [4.69, 9.17) is 10.4 Å². The normalized spacial score (nSPS) is 8.33. The van der Waals surface area contributed by atoms with Crippen molar-refractivity contribution >= 4 is 11.3 Å². The summed E-state index contributed by atoms with van der Waals surface area (Å²) in [4.78, 5) is 0.862. The van der Waals surface area contributed by atoms with Crippen molar-refractivity contribution in [1.82, 2.24) is 0 Å². The molecule has 1 heterocycles. The van der Waals surface area contributed by atoms with Crippen LogP contribution in [0.15, 0.2) is 11.4 Å². The molecule has 0 atom stereocenters. The van der Waals surface area contributed by atoms with E-state index >= 15 is 0 Å². The molecule has 1 rings (SSSR count). The van der Waals surface area contributed by atoms with E-state index in [0.29, 0.717) is 0 Å². The van der Waals surface area contributed by atoms with Gasteiger partial charge >= 0.3 is 0 Å². The van der Waals surface area contributed by atoms with Gasteiger partial charge in [0.2, 0.25) is 0 Å². The van der Waals surface area contributed by atoms with E-state index in [1.807, 2.05) is 17.5 Å². The van der Waals surface area contributed by atoms with E-state index in [9.17, 15) is 0 Å². The van der Waals surface area contributed by atoms with Crippen LogP contribution >= 0.6 is 11.3 Å². The van der Waals surface area contributed by atoms with Crippen molar-refractivity contribution in [2.45, 2.75) is 13.0 Å². The summed E-state index contributed by atoms with van der Waals surface area (Å²) in [6.07, 6.45) is 0.237. The fraction of sp³-hybridized carbons (Fsp3) is 0.222. The molecule has 0 radical (unpaired) electrons. The number of aliphatic hydroxyl groups is 1. The average molecular weight is 177 g/mol. The molecule has 0 bridgehead atoms. The number of aliphatic hydroxyl groups excluding tert-OH is 1. The highest BCUT2D eigenvalue weighted by molar-refractivity contribution is 7.10. The van der Waals surface area contributed by atoms with Crippen LogP contribution in [0, 0.1) is 23.2 Å². The Morgan fingerprint density at radius 3 is 3.08 bits per heavy atom. The van der Waals surface area contributed by atoms with Gasteiger partial charge in [-0.2, -0.15) is 5.26 Å². The van der Waals surface area contributed by atoms with Crippen LogP contribution in [-0.2, 0) is 6.61 Å². The van der Waals surface area contributed by atoms with Crippen molar-refractivity contribution in [3.05, 3.63) is 21.9 Å². The molecular formula is C9H7NOS. The molecule has 2 nitrogen and oxygen atoms in total. The van der Waals surface area contributed by atoms with Crippen molar-refractivity contribution in [3.8, 4) is 17.9 Å². The van der Waals surface area contributed by atoms with E-state index in [2.05, 4.69) is 11.8 Å². The van der Waals surface area contributed by atoms with Gasteiger partial charge in [-0.05, 0) is 11.4 Å². The summed E-state index contributed by atoms with van der Waals surface area (Å²) in [6, 6.07) is 3.78. The van der Waals surface area contributed by atoms with Crippen molar-refractivity contribution in [2.75, 3.05) is 0 Å². The molecule has 0 aliphatic carbocycles. The third-order valence-corrected chi connectivity index (χ3v) is 2.19. The Morgan fingerprint density at radius 1 is 1.58 bits per heavy atom. The zero-order valence-corrected chi connectivity index (χ0v) is 7.19. The smallest absolute Gasteiger partial charge is 0.0966 e. The van der Waals surface area contributed by atoms with Crippen molar-refractivity contribution in [3.63, 3.8) is 0 Å². The number of hydrogen-bond acceptors (Lipinski definition) is 3. The first-order valence-corrected chi connectivity index (χ1v) is 4.29. The average Bonchev–Trinajstić information content (AvgIpc) is 2.52. The molecule has 0 aliphatic rings. The van der Waals surface area contributed by atoms with Gasteiger partial charge in [0.05, 0.1) is 19.1 Å². The van der Waals surface area contributed by atoms with E-state index in [0.717, 1.165) is 10.4 Å². The molecule has 0 aromatic carbocycles. The Balaban J connectivity index is 2.77. The van der Waals surface area contributed by atoms with Crippen molar-refractivity contribution in [2.24, 2.45) is 0 Å². The van der Waals surface area contributed by atoms with Crippen LogP contribution in [0.25, 0.3) is 0 Å². The summed E-state index contributed by atoms with van der Waals surface area (Å²) in [5.41, 5.74) is 0.831. The van der Waals surface area contributed by atoms with Crippen LogP contribution in [-0.4, -0.2) is 5.11 Å². The second-order valence-corrected chi connectivity index (χ2v) is 3.05. The number of nitrogens with zero attached hydrogens (tertiary/aromatic N) is 1. The number of rotatable bonds is 1. The predicted molar refractivity (Wildman–Crippen MR) is 47.3 cm³/mol. The number of hydrogen-bond donors (Lipinski definition) is 1. The molecule has 0 amide bonds. The molecule has 0 spiro atoms. The lowest BCUT2D eigenvalue weighted by Gasteiger charge is -1.87. The lowest BCUT2D eigenvalue weighted by molar-refractivity contribution is 0.285. The molecule has 1 aromatic heterocycles.